The molecule has 0 saturated carbocycles. The molecule has 1 saturated heterocycles. The van der Waals surface area contributed by atoms with Crippen molar-refractivity contribution in [3.8, 4) is 0 Å². The molecule has 94 valence electrons. The number of aryl methyl sites for hydroxylation is 1. The number of likely N-dealkylation sites (tertiary alicyclic amines) is 1. The lowest BCUT2D eigenvalue weighted by Gasteiger charge is -2.36. The van der Waals surface area contributed by atoms with E-state index >= 15 is 0 Å². The fourth-order valence-corrected chi connectivity index (χ4v) is 2.39. The molecule has 17 heavy (non-hydrogen) atoms. The first-order chi connectivity index (χ1) is 8.11. The maximum Gasteiger partial charge on any atom is 0.225 e. The summed E-state index contributed by atoms with van der Waals surface area (Å²) in [4.78, 5) is 14.2. The van der Waals surface area contributed by atoms with Gasteiger partial charge in [-0.2, -0.15) is 0 Å². The molecule has 1 aliphatic heterocycles. The molecule has 0 bridgehead atoms. The quantitative estimate of drug-likeness (QED) is 0.782. The van der Waals surface area contributed by atoms with Crippen LogP contribution in [0.25, 0.3) is 0 Å². The fourth-order valence-electron chi connectivity index (χ4n) is 2.39. The van der Waals surface area contributed by atoms with Crippen molar-refractivity contribution in [2.24, 2.45) is 13.0 Å². The number of amides is 1. The highest BCUT2D eigenvalue weighted by Gasteiger charge is 2.31. The van der Waals surface area contributed by atoms with E-state index in [0.29, 0.717) is 0 Å². The summed E-state index contributed by atoms with van der Waals surface area (Å²) >= 11 is 0. The van der Waals surface area contributed by atoms with Crippen molar-refractivity contribution < 1.29 is 4.79 Å². The van der Waals surface area contributed by atoms with Crippen LogP contribution >= 0.6 is 0 Å². The van der Waals surface area contributed by atoms with Gasteiger partial charge in [0.25, 0.3) is 0 Å². The zero-order chi connectivity index (χ0) is 12.4. The number of rotatable bonds is 2. The number of aromatic nitrogens is 3. The molecule has 2 heterocycles. The van der Waals surface area contributed by atoms with E-state index in [2.05, 4.69) is 10.2 Å². The predicted molar refractivity (Wildman–Crippen MR) is 64.1 cm³/mol. The summed E-state index contributed by atoms with van der Waals surface area (Å²) in [5.74, 6) is 1.17. The van der Waals surface area contributed by atoms with Crippen LogP contribution in [0, 0.1) is 5.92 Å². The maximum absolute atomic E-state index is 12.2. The van der Waals surface area contributed by atoms with Crippen molar-refractivity contribution in [2.45, 2.75) is 39.2 Å². The number of hydrogen-bond donors (Lipinski definition) is 0. The van der Waals surface area contributed by atoms with E-state index in [1.54, 1.807) is 6.33 Å². The average Bonchev–Trinajstić information content (AvgIpc) is 2.74. The second-order valence-electron chi connectivity index (χ2n) is 5.00. The molecule has 1 atom stereocenters. The van der Waals surface area contributed by atoms with Crippen LogP contribution in [0.2, 0.25) is 0 Å². The van der Waals surface area contributed by atoms with E-state index in [0.717, 1.165) is 31.6 Å². The van der Waals surface area contributed by atoms with Crippen molar-refractivity contribution in [2.75, 3.05) is 6.54 Å². The zero-order valence-corrected chi connectivity index (χ0v) is 10.8. The normalized spacial score (nSPS) is 20.9. The Kier molecular flexibility index (Phi) is 3.45. The van der Waals surface area contributed by atoms with Gasteiger partial charge >= 0.3 is 0 Å². The fraction of sp³-hybridized carbons (Fsp3) is 0.750. The Hall–Kier alpha value is -1.39. The molecule has 0 radical (unpaired) electrons. The van der Waals surface area contributed by atoms with Gasteiger partial charge in [0.2, 0.25) is 5.91 Å². The third kappa shape index (κ3) is 2.33. The Bertz CT molecular complexity index is 399. The number of hydrogen-bond acceptors (Lipinski definition) is 3. The Labute approximate surface area is 102 Å². The van der Waals surface area contributed by atoms with Crippen LogP contribution in [0.1, 0.15) is 45.0 Å². The lowest BCUT2D eigenvalue weighted by atomic mass is 9.99. The average molecular weight is 236 g/mol. The van der Waals surface area contributed by atoms with Crippen molar-refractivity contribution in [3.05, 3.63) is 12.2 Å². The van der Waals surface area contributed by atoms with Gasteiger partial charge in [0.1, 0.15) is 6.33 Å². The lowest BCUT2D eigenvalue weighted by molar-refractivity contribution is -0.138. The summed E-state index contributed by atoms with van der Waals surface area (Å²) in [5.41, 5.74) is 0. The summed E-state index contributed by atoms with van der Waals surface area (Å²) in [7, 11) is 1.93. The molecule has 5 heteroatoms. The molecule has 0 spiro atoms. The summed E-state index contributed by atoms with van der Waals surface area (Å²) in [6, 6.07) is 0.103. The van der Waals surface area contributed by atoms with Gasteiger partial charge in [0.05, 0.1) is 6.04 Å². The summed E-state index contributed by atoms with van der Waals surface area (Å²) in [6.45, 7) is 4.74. The van der Waals surface area contributed by atoms with Crippen LogP contribution in [0.5, 0.6) is 0 Å². The van der Waals surface area contributed by atoms with Crippen molar-refractivity contribution >= 4 is 5.91 Å². The van der Waals surface area contributed by atoms with E-state index in [9.17, 15) is 4.79 Å². The number of carbonyl (C=O) groups is 1. The number of piperidine rings is 1. The zero-order valence-electron chi connectivity index (χ0n) is 10.8. The molecule has 0 unspecified atom stereocenters. The second kappa shape index (κ2) is 4.85. The van der Waals surface area contributed by atoms with E-state index in [1.807, 2.05) is 30.4 Å². The Morgan fingerprint density at radius 3 is 2.82 bits per heavy atom. The molecule has 0 N–H and O–H groups in total. The van der Waals surface area contributed by atoms with E-state index in [1.165, 1.54) is 0 Å². The van der Waals surface area contributed by atoms with E-state index in [-0.39, 0.29) is 17.9 Å². The monoisotopic (exact) mass is 236 g/mol. The molecule has 0 aliphatic carbocycles. The first kappa shape index (κ1) is 12.1. The summed E-state index contributed by atoms with van der Waals surface area (Å²) in [5, 5.41) is 8.06. The Balaban J connectivity index is 2.24. The minimum absolute atomic E-state index is 0.0452. The number of nitrogens with zero attached hydrogens (tertiary/aromatic N) is 4. The van der Waals surface area contributed by atoms with Crippen LogP contribution in [-0.4, -0.2) is 32.1 Å². The maximum atomic E-state index is 12.2. The Morgan fingerprint density at radius 2 is 2.24 bits per heavy atom. The topological polar surface area (TPSA) is 51.0 Å². The second-order valence-corrected chi connectivity index (χ2v) is 5.00. The van der Waals surface area contributed by atoms with Crippen LogP contribution in [0.15, 0.2) is 6.33 Å². The van der Waals surface area contributed by atoms with Gasteiger partial charge in [-0.05, 0) is 19.3 Å². The van der Waals surface area contributed by atoms with Crippen LogP contribution in [0.4, 0.5) is 0 Å². The summed E-state index contributed by atoms with van der Waals surface area (Å²) < 4.78 is 1.91. The van der Waals surface area contributed by atoms with Gasteiger partial charge in [-0.25, -0.2) is 0 Å². The highest BCUT2D eigenvalue weighted by molar-refractivity contribution is 5.78. The molecule has 5 nitrogen and oxygen atoms in total. The molecular formula is C12H20N4O. The molecule has 1 amide bonds. The van der Waals surface area contributed by atoms with E-state index in [4.69, 9.17) is 0 Å². The van der Waals surface area contributed by atoms with Gasteiger partial charge < -0.3 is 9.47 Å². The molecule has 2 rings (SSSR count). The van der Waals surface area contributed by atoms with Gasteiger partial charge in [-0.3, -0.25) is 4.79 Å². The molecule has 1 fully saturated rings. The third-order valence-corrected chi connectivity index (χ3v) is 3.32. The SMILES string of the molecule is CC(C)C(=O)N1CCCC[C@H]1c1nncn1C. The van der Waals surface area contributed by atoms with Crippen molar-refractivity contribution in [1.82, 2.24) is 19.7 Å². The van der Waals surface area contributed by atoms with Crippen LogP contribution < -0.4 is 0 Å². The first-order valence-electron chi connectivity index (χ1n) is 6.25. The first-order valence-corrected chi connectivity index (χ1v) is 6.25. The van der Waals surface area contributed by atoms with Gasteiger partial charge in [0, 0.05) is 19.5 Å². The molecule has 1 aromatic rings. The molecular weight excluding hydrogens is 216 g/mol. The van der Waals surface area contributed by atoms with Crippen molar-refractivity contribution in [1.29, 1.82) is 0 Å². The highest BCUT2D eigenvalue weighted by atomic mass is 16.2. The van der Waals surface area contributed by atoms with Gasteiger partial charge in [0.15, 0.2) is 5.82 Å². The molecule has 0 aromatic carbocycles. The van der Waals surface area contributed by atoms with E-state index < -0.39 is 0 Å². The highest BCUT2D eigenvalue weighted by Crippen LogP contribution is 2.30. The Morgan fingerprint density at radius 1 is 1.47 bits per heavy atom. The lowest BCUT2D eigenvalue weighted by Crippen LogP contribution is -2.41. The van der Waals surface area contributed by atoms with Crippen LogP contribution in [-0.2, 0) is 11.8 Å². The minimum Gasteiger partial charge on any atom is -0.332 e. The molecule has 1 aliphatic rings. The minimum atomic E-state index is 0.0452. The van der Waals surface area contributed by atoms with Gasteiger partial charge in [-0.1, -0.05) is 13.8 Å². The number of carbonyl (C=O) groups excluding carboxylic acids is 1. The smallest absolute Gasteiger partial charge is 0.225 e. The third-order valence-electron chi connectivity index (χ3n) is 3.32. The largest absolute Gasteiger partial charge is 0.332 e. The van der Waals surface area contributed by atoms with Crippen molar-refractivity contribution in [3.63, 3.8) is 0 Å². The summed E-state index contributed by atoms with van der Waals surface area (Å²) in [6.07, 6.45) is 4.93. The molecule has 1 aromatic heterocycles. The van der Waals surface area contributed by atoms with Gasteiger partial charge in [-0.15, -0.1) is 10.2 Å². The predicted octanol–water partition coefficient (Wildman–Crippen LogP) is 1.52. The van der Waals surface area contributed by atoms with Crippen LogP contribution in [0.3, 0.4) is 0 Å². The standard InChI is InChI=1S/C12H20N4O/c1-9(2)12(17)16-7-5-4-6-10(16)11-14-13-8-15(11)3/h8-10H,4-7H2,1-3H3/t10-/m0/s1.